The zero-order chi connectivity index (χ0) is 27.4. The standard InChI is InChI=1S/C33H46N2O4/c1-23-10-13-27(30-9-5-7-19-39-30)28(20-23)31(32(36)37)35-17-15-26(22-35)38-18-6-4-8-25-12-11-24-14-16-33(2,3)21-29(24)34-25/h10-13,20,26,30-31H,4-9,14-19,21-22H2,1-3H3,(H,36,37)/t26-,30+,31?/m1/s1. The summed E-state index contributed by atoms with van der Waals surface area (Å²) in [4.78, 5) is 19.7. The Balaban J connectivity index is 1.12. The third-order valence-corrected chi connectivity index (χ3v) is 8.86. The number of rotatable bonds is 10. The van der Waals surface area contributed by atoms with Crippen molar-refractivity contribution in [3.63, 3.8) is 0 Å². The minimum absolute atomic E-state index is 0.0121. The molecule has 0 bridgehead atoms. The molecule has 2 aromatic rings. The number of unbranched alkanes of at least 4 members (excludes halogenated alkanes) is 1. The maximum absolute atomic E-state index is 12.6. The molecule has 0 spiro atoms. The smallest absolute Gasteiger partial charge is 0.325 e. The molecule has 212 valence electrons. The van der Waals surface area contributed by atoms with Gasteiger partial charge in [0.2, 0.25) is 0 Å². The monoisotopic (exact) mass is 534 g/mol. The third kappa shape index (κ3) is 7.08. The second-order valence-corrected chi connectivity index (χ2v) is 12.7. The number of aliphatic carboxylic acids is 1. The number of aryl methyl sites for hydroxylation is 3. The summed E-state index contributed by atoms with van der Waals surface area (Å²) in [5.41, 5.74) is 7.28. The lowest BCUT2D eigenvalue weighted by Gasteiger charge is -2.30. The van der Waals surface area contributed by atoms with Crippen LogP contribution in [0.25, 0.3) is 0 Å². The van der Waals surface area contributed by atoms with Gasteiger partial charge in [0, 0.05) is 37.7 Å². The Hall–Kier alpha value is -2.28. The number of carboxylic acid groups (broad SMARTS) is 1. The van der Waals surface area contributed by atoms with Crippen molar-refractivity contribution >= 4 is 5.97 Å². The van der Waals surface area contributed by atoms with E-state index in [4.69, 9.17) is 14.5 Å². The number of benzene rings is 1. The van der Waals surface area contributed by atoms with Crippen LogP contribution in [-0.4, -0.2) is 53.4 Å². The minimum Gasteiger partial charge on any atom is -0.480 e. The number of hydrogen-bond acceptors (Lipinski definition) is 5. The molecule has 0 amide bonds. The van der Waals surface area contributed by atoms with Crippen molar-refractivity contribution in [2.24, 2.45) is 5.41 Å². The number of fused-ring (bicyclic) bond motifs is 1. The number of nitrogens with zero attached hydrogens (tertiary/aromatic N) is 2. The van der Waals surface area contributed by atoms with Gasteiger partial charge in [-0.3, -0.25) is 14.7 Å². The van der Waals surface area contributed by atoms with Gasteiger partial charge in [0.15, 0.2) is 0 Å². The van der Waals surface area contributed by atoms with Gasteiger partial charge in [-0.05, 0) is 99.3 Å². The molecular weight excluding hydrogens is 488 g/mol. The van der Waals surface area contributed by atoms with E-state index in [1.807, 2.05) is 6.92 Å². The van der Waals surface area contributed by atoms with Gasteiger partial charge < -0.3 is 14.6 Å². The van der Waals surface area contributed by atoms with E-state index in [1.165, 1.54) is 23.4 Å². The molecule has 6 nitrogen and oxygen atoms in total. The van der Waals surface area contributed by atoms with E-state index in [0.29, 0.717) is 18.6 Å². The zero-order valence-electron chi connectivity index (χ0n) is 24.1. The number of ether oxygens (including phenoxy) is 2. The topological polar surface area (TPSA) is 71.9 Å². The quantitative estimate of drug-likeness (QED) is 0.356. The Kier molecular flexibility index (Phi) is 9.05. The van der Waals surface area contributed by atoms with Gasteiger partial charge in [0.05, 0.1) is 12.2 Å². The Morgan fingerprint density at radius 2 is 2.08 bits per heavy atom. The van der Waals surface area contributed by atoms with Crippen LogP contribution in [0.3, 0.4) is 0 Å². The lowest BCUT2D eigenvalue weighted by Crippen LogP contribution is -2.34. The van der Waals surface area contributed by atoms with Crippen LogP contribution in [0, 0.1) is 12.3 Å². The van der Waals surface area contributed by atoms with Crippen LogP contribution in [0.4, 0.5) is 0 Å². The van der Waals surface area contributed by atoms with Crippen LogP contribution < -0.4 is 0 Å². The van der Waals surface area contributed by atoms with E-state index in [1.54, 1.807) is 0 Å². The van der Waals surface area contributed by atoms with Gasteiger partial charge in [0.25, 0.3) is 0 Å². The molecule has 3 heterocycles. The van der Waals surface area contributed by atoms with Crippen LogP contribution >= 0.6 is 0 Å². The maximum Gasteiger partial charge on any atom is 0.325 e. The molecule has 6 heteroatoms. The molecule has 2 saturated heterocycles. The van der Waals surface area contributed by atoms with E-state index in [0.717, 1.165) is 87.6 Å². The molecule has 2 fully saturated rings. The normalized spacial score (nSPS) is 23.9. The van der Waals surface area contributed by atoms with Gasteiger partial charge in [-0.15, -0.1) is 0 Å². The molecule has 1 aromatic heterocycles. The summed E-state index contributed by atoms with van der Waals surface area (Å²) in [5.74, 6) is -0.792. The van der Waals surface area contributed by atoms with Crippen molar-refractivity contribution in [1.29, 1.82) is 0 Å². The van der Waals surface area contributed by atoms with Gasteiger partial charge in [0.1, 0.15) is 6.04 Å². The molecule has 3 aliphatic rings. The first-order valence-electron chi connectivity index (χ1n) is 15.1. The van der Waals surface area contributed by atoms with Crippen LogP contribution in [-0.2, 0) is 33.5 Å². The van der Waals surface area contributed by atoms with Crippen LogP contribution in [0.1, 0.15) is 105 Å². The van der Waals surface area contributed by atoms with Crippen LogP contribution in [0.2, 0.25) is 0 Å². The molecule has 3 atom stereocenters. The predicted octanol–water partition coefficient (Wildman–Crippen LogP) is 6.39. The fourth-order valence-electron chi connectivity index (χ4n) is 6.59. The molecule has 1 aromatic carbocycles. The second-order valence-electron chi connectivity index (χ2n) is 12.7. The zero-order valence-corrected chi connectivity index (χ0v) is 24.1. The molecule has 1 unspecified atom stereocenters. The first kappa shape index (κ1) is 28.3. The molecule has 2 aliphatic heterocycles. The predicted molar refractivity (Wildman–Crippen MR) is 153 cm³/mol. The highest BCUT2D eigenvalue weighted by molar-refractivity contribution is 5.76. The van der Waals surface area contributed by atoms with Gasteiger partial charge in [-0.1, -0.05) is 43.7 Å². The lowest BCUT2D eigenvalue weighted by atomic mass is 9.76. The van der Waals surface area contributed by atoms with E-state index in [2.05, 4.69) is 49.1 Å². The highest BCUT2D eigenvalue weighted by Crippen LogP contribution is 2.37. The minimum atomic E-state index is -0.792. The van der Waals surface area contributed by atoms with Crippen molar-refractivity contribution in [2.75, 3.05) is 26.3 Å². The maximum atomic E-state index is 12.6. The largest absolute Gasteiger partial charge is 0.480 e. The van der Waals surface area contributed by atoms with Crippen molar-refractivity contribution in [1.82, 2.24) is 9.88 Å². The average molecular weight is 535 g/mol. The van der Waals surface area contributed by atoms with E-state index in [9.17, 15) is 9.90 Å². The van der Waals surface area contributed by atoms with E-state index in [-0.39, 0.29) is 12.2 Å². The second kappa shape index (κ2) is 12.5. The SMILES string of the molecule is Cc1ccc([C@@H]2CCCCO2)c(C(C(=O)O)N2CC[C@@H](OCCCCc3ccc4c(n3)CC(C)(C)CC4)C2)c1. The molecular formula is C33H46N2O4. The Morgan fingerprint density at radius 1 is 1.21 bits per heavy atom. The summed E-state index contributed by atoms with van der Waals surface area (Å²) < 4.78 is 12.3. The number of carboxylic acids is 1. The summed E-state index contributed by atoms with van der Waals surface area (Å²) in [7, 11) is 0. The first-order valence-corrected chi connectivity index (χ1v) is 15.1. The molecule has 1 aliphatic carbocycles. The number of likely N-dealkylation sites (tertiary alicyclic amines) is 1. The van der Waals surface area contributed by atoms with Crippen molar-refractivity contribution in [3.8, 4) is 0 Å². The Morgan fingerprint density at radius 3 is 2.87 bits per heavy atom. The van der Waals surface area contributed by atoms with Gasteiger partial charge in [-0.25, -0.2) is 0 Å². The summed E-state index contributed by atoms with van der Waals surface area (Å²) in [6, 6.07) is 10.0. The Bertz CT molecular complexity index is 1140. The van der Waals surface area contributed by atoms with Gasteiger partial charge in [-0.2, -0.15) is 0 Å². The fraction of sp³-hybridized carbons (Fsp3) is 0.636. The summed E-state index contributed by atoms with van der Waals surface area (Å²) in [6.45, 7) is 9.55. The molecule has 5 rings (SSSR count). The summed E-state index contributed by atoms with van der Waals surface area (Å²) >= 11 is 0. The number of hydrogen-bond donors (Lipinski definition) is 1. The number of aromatic nitrogens is 1. The van der Waals surface area contributed by atoms with E-state index < -0.39 is 12.0 Å². The van der Waals surface area contributed by atoms with Crippen molar-refractivity contribution in [2.45, 2.75) is 103 Å². The Labute approximate surface area is 234 Å². The summed E-state index contributed by atoms with van der Waals surface area (Å²) in [5, 5.41) is 10.3. The molecule has 39 heavy (non-hydrogen) atoms. The highest BCUT2D eigenvalue weighted by Gasteiger charge is 2.36. The average Bonchev–Trinajstić information content (AvgIpc) is 3.36. The van der Waals surface area contributed by atoms with Crippen LogP contribution in [0.15, 0.2) is 30.3 Å². The molecule has 0 saturated carbocycles. The van der Waals surface area contributed by atoms with Crippen LogP contribution in [0.5, 0.6) is 0 Å². The van der Waals surface area contributed by atoms with Crippen molar-refractivity contribution in [3.05, 3.63) is 64.0 Å². The van der Waals surface area contributed by atoms with Gasteiger partial charge >= 0.3 is 5.97 Å². The van der Waals surface area contributed by atoms with Crippen molar-refractivity contribution < 1.29 is 19.4 Å². The third-order valence-electron chi connectivity index (χ3n) is 8.86. The fourth-order valence-corrected chi connectivity index (χ4v) is 6.59. The highest BCUT2D eigenvalue weighted by atomic mass is 16.5. The number of carbonyl (C=O) groups is 1. The van der Waals surface area contributed by atoms with E-state index >= 15 is 0 Å². The molecule has 0 radical (unpaired) electrons. The first-order chi connectivity index (χ1) is 18.8. The lowest BCUT2D eigenvalue weighted by molar-refractivity contribution is -0.143. The number of pyridine rings is 1. The summed E-state index contributed by atoms with van der Waals surface area (Å²) in [6.07, 6.45) is 10.6. The molecule has 1 N–H and O–H groups in total.